The molecule has 2 fully saturated rings. The largest absolute Gasteiger partial charge is 0.438 e. The van der Waals surface area contributed by atoms with E-state index < -0.39 is 0 Å². The first-order chi connectivity index (χ1) is 9.24. The van der Waals surface area contributed by atoms with Crippen molar-refractivity contribution in [1.82, 2.24) is 15.2 Å². The minimum atomic E-state index is -0.00407. The number of nitrogens with one attached hydrogen (secondary N) is 1. The number of aryl methyl sites for hydroxylation is 1. The summed E-state index contributed by atoms with van der Waals surface area (Å²) in [6.07, 6.45) is 6.21. The van der Waals surface area contributed by atoms with E-state index in [2.05, 4.69) is 10.3 Å². The summed E-state index contributed by atoms with van der Waals surface area (Å²) in [6, 6.07) is 0.436. The number of nitrogens with zero attached hydrogens (tertiary/aromatic N) is 2. The number of hydrogen-bond donors (Lipinski definition) is 1. The summed E-state index contributed by atoms with van der Waals surface area (Å²) in [7, 11) is 0. The standard InChI is InChI=1S/C14H21N3O2/c1-10-13(19-9-16-10)14(18)17(7-11-4-5-11)8-12-3-2-6-15-12/h9,11-12,15H,2-8H2,1H3. The molecule has 0 aromatic carbocycles. The first-order valence-corrected chi connectivity index (χ1v) is 7.17. The van der Waals surface area contributed by atoms with Gasteiger partial charge in [-0.3, -0.25) is 4.79 Å². The maximum atomic E-state index is 12.5. The van der Waals surface area contributed by atoms with Gasteiger partial charge in [-0.25, -0.2) is 4.98 Å². The third kappa shape index (κ3) is 2.97. The normalized spacial score (nSPS) is 22.7. The molecular weight excluding hydrogens is 242 g/mol. The number of carbonyl (C=O) groups excluding carboxylic acids is 1. The van der Waals surface area contributed by atoms with Crippen molar-refractivity contribution >= 4 is 5.91 Å². The Balaban J connectivity index is 1.69. The van der Waals surface area contributed by atoms with Crippen molar-refractivity contribution in [2.24, 2.45) is 5.92 Å². The van der Waals surface area contributed by atoms with E-state index in [0.717, 1.165) is 26.1 Å². The lowest BCUT2D eigenvalue weighted by atomic mass is 10.2. The second-order valence-electron chi connectivity index (χ2n) is 5.71. The van der Waals surface area contributed by atoms with Crippen molar-refractivity contribution in [3.8, 4) is 0 Å². The molecule has 2 heterocycles. The number of rotatable bonds is 5. The van der Waals surface area contributed by atoms with Crippen LogP contribution >= 0.6 is 0 Å². The molecule has 5 nitrogen and oxygen atoms in total. The van der Waals surface area contributed by atoms with Gasteiger partial charge in [0.15, 0.2) is 6.39 Å². The summed E-state index contributed by atoms with van der Waals surface area (Å²) in [5.41, 5.74) is 0.685. The average molecular weight is 263 g/mol. The number of aromatic nitrogens is 1. The molecule has 1 aliphatic heterocycles. The van der Waals surface area contributed by atoms with Crippen molar-refractivity contribution in [2.75, 3.05) is 19.6 Å². The number of carbonyl (C=O) groups is 1. The van der Waals surface area contributed by atoms with Crippen LogP contribution in [0, 0.1) is 12.8 Å². The van der Waals surface area contributed by atoms with E-state index in [1.807, 2.05) is 11.8 Å². The molecule has 0 spiro atoms. The Kier molecular flexibility index (Phi) is 3.55. The van der Waals surface area contributed by atoms with Crippen LogP contribution in [-0.2, 0) is 0 Å². The van der Waals surface area contributed by atoms with Crippen LogP contribution in [0.3, 0.4) is 0 Å². The fraction of sp³-hybridized carbons (Fsp3) is 0.714. The maximum absolute atomic E-state index is 12.5. The van der Waals surface area contributed by atoms with Crippen LogP contribution in [0.25, 0.3) is 0 Å². The summed E-state index contributed by atoms with van der Waals surface area (Å²) in [5.74, 6) is 1.09. The van der Waals surface area contributed by atoms with Gasteiger partial charge in [-0.1, -0.05) is 0 Å². The van der Waals surface area contributed by atoms with Crippen molar-refractivity contribution in [1.29, 1.82) is 0 Å². The fourth-order valence-electron chi connectivity index (χ4n) is 2.68. The molecule has 1 aliphatic carbocycles. The van der Waals surface area contributed by atoms with Crippen molar-refractivity contribution in [3.05, 3.63) is 17.8 Å². The molecule has 1 saturated carbocycles. The van der Waals surface area contributed by atoms with E-state index in [4.69, 9.17) is 4.42 Å². The highest BCUT2D eigenvalue weighted by Crippen LogP contribution is 2.30. The molecule has 19 heavy (non-hydrogen) atoms. The van der Waals surface area contributed by atoms with Gasteiger partial charge in [-0.2, -0.15) is 0 Å². The van der Waals surface area contributed by atoms with Gasteiger partial charge < -0.3 is 14.6 Å². The summed E-state index contributed by atoms with van der Waals surface area (Å²) in [5, 5.41) is 3.46. The molecule has 1 N–H and O–H groups in total. The monoisotopic (exact) mass is 263 g/mol. The van der Waals surface area contributed by atoms with Crippen LogP contribution in [0.2, 0.25) is 0 Å². The molecular formula is C14H21N3O2. The van der Waals surface area contributed by atoms with E-state index in [1.165, 1.54) is 25.7 Å². The lowest BCUT2D eigenvalue weighted by molar-refractivity contribution is 0.0700. The highest BCUT2D eigenvalue weighted by Gasteiger charge is 2.31. The molecule has 2 aliphatic rings. The van der Waals surface area contributed by atoms with Crippen LogP contribution < -0.4 is 5.32 Å². The topological polar surface area (TPSA) is 58.4 Å². The quantitative estimate of drug-likeness (QED) is 0.876. The van der Waals surface area contributed by atoms with Crippen LogP contribution in [0.5, 0.6) is 0 Å². The van der Waals surface area contributed by atoms with Gasteiger partial charge in [0.25, 0.3) is 5.91 Å². The van der Waals surface area contributed by atoms with Crippen molar-refractivity contribution in [2.45, 2.75) is 38.6 Å². The lowest BCUT2D eigenvalue weighted by Crippen LogP contribution is -2.42. The predicted octanol–water partition coefficient (Wildman–Crippen LogP) is 1.59. The second-order valence-corrected chi connectivity index (χ2v) is 5.71. The summed E-state index contributed by atoms with van der Waals surface area (Å²) < 4.78 is 5.25. The molecule has 1 saturated heterocycles. The van der Waals surface area contributed by atoms with Gasteiger partial charge >= 0.3 is 0 Å². The molecule has 0 bridgehead atoms. The number of amides is 1. The van der Waals surface area contributed by atoms with Gasteiger partial charge in [-0.05, 0) is 45.1 Å². The SMILES string of the molecule is Cc1ncoc1C(=O)N(CC1CC1)CC1CCCN1. The zero-order valence-corrected chi connectivity index (χ0v) is 11.4. The van der Waals surface area contributed by atoms with E-state index in [9.17, 15) is 4.79 Å². The van der Waals surface area contributed by atoms with Crippen LogP contribution in [-0.4, -0.2) is 41.5 Å². The van der Waals surface area contributed by atoms with Gasteiger partial charge in [0, 0.05) is 19.1 Å². The molecule has 1 aromatic heterocycles. The smallest absolute Gasteiger partial charge is 0.291 e. The van der Waals surface area contributed by atoms with Gasteiger partial charge in [-0.15, -0.1) is 0 Å². The van der Waals surface area contributed by atoms with E-state index >= 15 is 0 Å². The number of hydrogen-bond acceptors (Lipinski definition) is 4. The Labute approximate surface area is 113 Å². The lowest BCUT2D eigenvalue weighted by Gasteiger charge is -2.25. The van der Waals surface area contributed by atoms with Gasteiger partial charge in [0.2, 0.25) is 5.76 Å². The van der Waals surface area contributed by atoms with Gasteiger partial charge in [0.05, 0.1) is 5.69 Å². The second kappa shape index (κ2) is 5.33. The molecule has 1 unspecified atom stereocenters. The highest BCUT2D eigenvalue weighted by atomic mass is 16.3. The van der Waals surface area contributed by atoms with Gasteiger partial charge in [0.1, 0.15) is 0 Å². The molecule has 1 amide bonds. The highest BCUT2D eigenvalue weighted by molar-refractivity contribution is 5.92. The van der Waals surface area contributed by atoms with Crippen LogP contribution in [0.1, 0.15) is 41.9 Å². The molecule has 5 heteroatoms. The molecule has 1 atom stereocenters. The average Bonchev–Trinajstić information content (AvgIpc) is 2.88. The Morgan fingerprint density at radius 1 is 1.47 bits per heavy atom. The number of oxazole rings is 1. The summed E-state index contributed by atoms with van der Waals surface area (Å²) in [4.78, 5) is 18.5. The molecule has 104 valence electrons. The first kappa shape index (κ1) is 12.7. The molecule has 3 rings (SSSR count). The predicted molar refractivity (Wildman–Crippen MR) is 70.9 cm³/mol. The Hall–Kier alpha value is -1.36. The Bertz CT molecular complexity index is 447. The first-order valence-electron chi connectivity index (χ1n) is 7.17. The van der Waals surface area contributed by atoms with Crippen molar-refractivity contribution < 1.29 is 9.21 Å². The Morgan fingerprint density at radius 3 is 2.89 bits per heavy atom. The molecule has 0 radical (unpaired) electrons. The van der Waals surface area contributed by atoms with E-state index in [-0.39, 0.29) is 5.91 Å². The van der Waals surface area contributed by atoms with Crippen LogP contribution in [0.15, 0.2) is 10.8 Å². The van der Waals surface area contributed by atoms with Crippen LogP contribution in [0.4, 0.5) is 0 Å². The van der Waals surface area contributed by atoms with E-state index in [0.29, 0.717) is 23.4 Å². The van der Waals surface area contributed by atoms with E-state index in [1.54, 1.807) is 0 Å². The minimum absolute atomic E-state index is 0.00407. The summed E-state index contributed by atoms with van der Waals surface area (Å²) in [6.45, 7) is 4.53. The molecule has 1 aromatic rings. The van der Waals surface area contributed by atoms with Crippen molar-refractivity contribution in [3.63, 3.8) is 0 Å². The fourth-order valence-corrected chi connectivity index (χ4v) is 2.68. The minimum Gasteiger partial charge on any atom is -0.438 e. The third-order valence-electron chi connectivity index (χ3n) is 4.01. The Morgan fingerprint density at radius 2 is 2.32 bits per heavy atom. The summed E-state index contributed by atoms with van der Waals surface area (Å²) >= 11 is 0. The maximum Gasteiger partial charge on any atom is 0.291 e. The zero-order valence-electron chi connectivity index (χ0n) is 11.4. The zero-order chi connectivity index (χ0) is 13.2. The third-order valence-corrected chi connectivity index (χ3v) is 4.01.